The highest BCUT2D eigenvalue weighted by atomic mass is 16.2. The maximum absolute atomic E-state index is 13.7. The van der Waals surface area contributed by atoms with Crippen molar-refractivity contribution in [2.24, 2.45) is 0 Å². The molecule has 0 saturated heterocycles. The smallest absolute Gasteiger partial charge is 0.275 e. The lowest BCUT2D eigenvalue weighted by Gasteiger charge is -2.22. The van der Waals surface area contributed by atoms with Gasteiger partial charge in [-0.15, -0.1) is 0 Å². The molecule has 5 rings (SSSR count). The number of hydrogen-bond donors (Lipinski definition) is 0. The Balaban J connectivity index is 1.58. The third-order valence-corrected chi connectivity index (χ3v) is 6.00. The number of fused-ring (bicyclic) bond motifs is 2. The third-order valence-electron chi connectivity index (χ3n) is 6.00. The second-order valence-corrected chi connectivity index (χ2v) is 8.12. The van der Waals surface area contributed by atoms with Crippen LogP contribution in [0, 0.1) is 0 Å². The van der Waals surface area contributed by atoms with Crippen molar-refractivity contribution in [3.05, 3.63) is 106 Å². The average Bonchev–Trinajstić information content (AvgIpc) is 3.00. The molecule has 3 aromatic carbocycles. The van der Waals surface area contributed by atoms with Gasteiger partial charge in [0, 0.05) is 37.8 Å². The molecule has 0 aliphatic carbocycles. The molecule has 1 amide bonds. The first-order valence-corrected chi connectivity index (χ1v) is 10.7. The van der Waals surface area contributed by atoms with E-state index < -0.39 is 0 Å². The number of anilines is 1. The summed E-state index contributed by atoms with van der Waals surface area (Å²) in [4.78, 5) is 30.8. The van der Waals surface area contributed by atoms with Gasteiger partial charge in [-0.3, -0.25) is 9.59 Å². The van der Waals surface area contributed by atoms with Crippen molar-refractivity contribution in [2.75, 3.05) is 25.0 Å². The van der Waals surface area contributed by atoms with Crippen LogP contribution in [0.15, 0.2) is 83.7 Å². The molecule has 0 N–H and O–H groups in total. The molecule has 6 heteroatoms. The molecule has 1 aliphatic heterocycles. The van der Waals surface area contributed by atoms with Crippen LogP contribution in [-0.2, 0) is 13.1 Å². The number of benzene rings is 3. The standard InChI is InChI=1S/C26H24N4O2/c1-28-15-16-29(18-20-11-5-8-14-23(20)28)26(32)24-21-12-6-7-13-22(21)25(31)30(27-24)17-19-9-3-2-4-10-19/h2-14H,15-18H2,1H3. The van der Waals surface area contributed by atoms with Crippen LogP contribution in [0.3, 0.4) is 0 Å². The number of para-hydroxylation sites is 1. The molecular formula is C26H24N4O2. The molecular weight excluding hydrogens is 400 g/mol. The number of likely N-dealkylation sites (N-methyl/N-ethyl adjacent to an activating group) is 1. The monoisotopic (exact) mass is 424 g/mol. The fourth-order valence-corrected chi connectivity index (χ4v) is 4.27. The molecule has 2 heterocycles. The van der Waals surface area contributed by atoms with E-state index >= 15 is 0 Å². The van der Waals surface area contributed by atoms with Crippen molar-refractivity contribution >= 4 is 22.4 Å². The van der Waals surface area contributed by atoms with E-state index in [1.54, 1.807) is 6.07 Å². The first-order valence-electron chi connectivity index (χ1n) is 10.7. The molecule has 0 spiro atoms. The van der Waals surface area contributed by atoms with Crippen molar-refractivity contribution in [1.82, 2.24) is 14.7 Å². The molecule has 0 fully saturated rings. The summed E-state index contributed by atoms with van der Waals surface area (Å²) in [5, 5.41) is 5.68. The van der Waals surface area contributed by atoms with E-state index in [9.17, 15) is 9.59 Å². The Morgan fingerprint density at radius 2 is 1.56 bits per heavy atom. The predicted octanol–water partition coefficient (Wildman–Crippen LogP) is 3.54. The van der Waals surface area contributed by atoms with E-state index in [0.29, 0.717) is 36.1 Å². The largest absolute Gasteiger partial charge is 0.373 e. The highest BCUT2D eigenvalue weighted by molar-refractivity contribution is 6.04. The summed E-state index contributed by atoms with van der Waals surface area (Å²) in [5.74, 6) is -0.159. The van der Waals surface area contributed by atoms with Crippen LogP contribution >= 0.6 is 0 Å². The van der Waals surface area contributed by atoms with Gasteiger partial charge in [-0.05, 0) is 23.3 Å². The first kappa shape index (κ1) is 20.0. The average molecular weight is 425 g/mol. The molecule has 32 heavy (non-hydrogen) atoms. The lowest BCUT2D eigenvalue weighted by atomic mass is 10.1. The van der Waals surface area contributed by atoms with Crippen LogP contribution in [0.5, 0.6) is 0 Å². The minimum Gasteiger partial charge on any atom is -0.373 e. The first-order chi connectivity index (χ1) is 15.6. The fourth-order valence-electron chi connectivity index (χ4n) is 4.27. The van der Waals surface area contributed by atoms with Crippen LogP contribution in [0.2, 0.25) is 0 Å². The Morgan fingerprint density at radius 3 is 2.38 bits per heavy atom. The van der Waals surface area contributed by atoms with E-state index in [-0.39, 0.29) is 11.5 Å². The number of amides is 1. The Bertz CT molecular complexity index is 1350. The van der Waals surface area contributed by atoms with Crippen LogP contribution in [0.1, 0.15) is 21.6 Å². The number of carbonyl (C=O) groups excluding carboxylic acids is 1. The molecule has 160 valence electrons. The van der Waals surface area contributed by atoms with Crippen molar-refractivity contribution in [1.29, 1.82) is 0 Å². The molecule has 1 aliphatic rings. The minimum absolute atomic E-state index is 0.159. The van der Waals surface area contributed by atoms with Crippen LogP contribution in [0.4, 0.5) is 5.69 Å². The zero-order valence-corrected chi connectivity index (χ0v) is 17.9. The second-order valence-electron chi connectivity index (χ2n) is 8.12. The van der Waals surface area contributed by atoms with Gasteiger partial charge < -0.3 is 9.80 Å². The third kappa shape index (κ3) is 3.64. The Kier molecular flexibility index (Phi) is 5.19. The molecule has 0 unspecified atom stereocenters. The summed E-state index contributed by atoms with van der Waals surface area (Å²) < 4.78 is 1.41. The van der Waals surface area contributed by atoms with Gasteiger partial charge in [0.15, 0.2) is 5.69 Å². The fraction of sp³-hybridized carbons (Fsp3) is 0.192. The van der Waals surface area contributed by atoms with E-state index in [1.165, 1.54) is 4.68 Å². The van der Waals surface area contributed by atoms with Crippen LogP contribution < -0.4 is 10.5 Å². The van der Waals surface area contributed by atoms with Crippen molar-refractivity contribution in [3.63, 3.8) is 0 Å². The van der Waals surface area contributed by atoms with Crippen molar-refractivity contribution < 1.29 is 4.79 Å². The van der Waals surface area contributed by atoms with Gasteiger partial charge in [-0.25, -0.2) is 4.68 Å². The number of aromatic nitrogens is 2. The summed E-state index contributed by atoms with van der Waals surface area (Å²) >= 11 is 0. The Labute approximate surface area is 186 Å². The molecule has 4 aromatic rings. The van der Waals surface area contributed by atoms with Crippen LogP contribution in [-0.4, -0.2) is 40.7 Å². The summed E-state index contributed by atoms with van der Waals surface area (Å²) in [6.07, 6.45) is 0. The van der Waals surface area contributed by atoms with E-state index in [2.05, 4.69) is 22.1 Å². The molecule has 0 bridgehead atoms. The lowest BCUT2D eigenvalue weighted by molar-refractivity contribution is 0.0745. The molecule has 0 radical (unpaired) electrons. The van der Waals surface area contributed by atoms with Gasteiger partial charge in [0.2, 0.25) is 0 Å². The Hall–Kier alpha value is -3.93. The number of rotatable bonds is 3. The number of hydrogen-bond acceptors (Lipinski definition) is 4. The molecule has 1 aromatic heterocycles. The number of nitrogens with zero attached hydrogens (tertiary/aromatic N) is 4. The topological polar surface area (TPSA) is 58.4 Å². The summed E-state index contributed by atoms with van der Waals surface area (Å²) in [6.45, 7) is 2.13. The highest BCUT2D eigenvalue weighted by Crippen LogP contribution is 2.25. The zero-order valence-electron chi connectivity index (χ0n) is 17.9. The highest BCUT2D eigenvalue weighted by Gasteiger charge is 2.25. The molecule has 0 saturated carbocycles. The number of carbonyl (C=O) groups is 1. The Morgan fingerprint density at radius 1 is 0.875 bits per heavy atom. The quantitative estimate of drug-likeness (QED) is 0.505. The normalized spacial score (nSPS) is 13.7. The predicted molar refractivity (Wildman–Crippen MR) is 126 cm³/mol. The SMILES string of the molecule is CN1CCN(C(=O)c2nn(Cc3ccccc3)c(=O)c3ccccc23)Cc2ccccc21. The van der Waals surface area contributed by atoms with Crippen molar-refractivity contribution in [3.8, 4) is 0 Å². The maximum Gasteiger partial charge on any atom is 0.275 e. The maximum atomic E-state index is 13.7. The summed E-state index contributed by atoms with van der Waals surface area (Å²) in [5.41, 5.74) is 3.32. The zero-order chi connectivity index (χ0) is 22.1. The van der Waals surface area contributed by atoms with Crippen molar-refractivity contribution in [2.45, 2.75) is 13.1 Å². The van der Waals surface area contributed by atoms with E-state index in [4.69, 9.17) is 0 Å². The van der Waals surface area contributed by atoms with Gasteiger partial charge in [0.1, 0.15) is 0 Å². The van der Waals surface area contributed by atoms with Gasteiger partial charge in [0.05, 0.1) is 11.9 Å². The van der Waals surface area contributed by atoms with E-state index in [0.717, 1.165) is 23.4 Å². The van der Waals surface area contributed by atoms with E-state index in [1.807, 2.05) is 72.6 Å². The summed E-state index contributed by atoms with van der Waals surface area (Å²) in [7, 11) is 2.04. The second kappa shape index (κ2) is 8.30. The van der Waals surface area contributed by atoms with Gasteiger partial charge >= 0.3 is 0 Å². The summed E-state index contributed by atoms with van der Waals surface area (Å²) in [6, 6.07) is 25.1. The molecule has 0 atom stereocenters. The minimum atomic E-state index is -0.193. The lowest BCUT2D eigenvalue weighted by Crippen LogP contribution is -2.36. The van der Waals surface area contributed by atoms with Gasteiger partial charge in [-0.1, -0.05) is 66.7 Å². The van der Waals surface area contributed by atoms with Gasteiger partial charge in [-0.2, -0.15) is 5.10 Å². The van der Waals surface area contributed by atoms with Gasteiger partial charge in [0.25, 0.3) is 11.5 Å². The molecule has 6 nitrogen and oxygen atoms in total. The van der Waals surface area contributed by atoms with Crippen LogP contribution in [0.25, 0.3) is 10.8 Å².